The number of phenols is 1. The minimum absolute atomic E-state index is 0. The molecule has 30 nitrogen and oxygen atoms in total. The number of phenolic OH excluding ortho intramolecular Hbond substituents is 1. The van der Waals surface area contributed by atoms with Gasteiger partial charge in [-0.05, 0) is 83.6 Å². The fraction of sp³-hybridized carbons (Fsp3) is 0.382. The number of imidazole rings is 1. The maximum absolute atomic E-state index is 14.7. The molecule has 0 unspecified atom stereocenters. The molecule has 0 aliphatic carbocycles. The fourth-order valence-electron chi connectivity index (χ4n) is 11.5. The van der Waals surface area contributed by atoms with Gasteiger partial charge in [0.15, 0.2) is 0 Å². The van der Waals surface area contributed by atoms with Gasteiger partial charge in [-0.15, -0.1) is 5.10 Å². The topological polar surface area (TPSA) is 411 Å². The molecule has 4 aromatic heterocycles. The molecule has 10 rings (SSSR count). The van der Waals surface area contributed by atoms with E-state index in [0.29, 0.717) is 111 Å². The van der Waals surface area contributed by atoms with Gasteiger partial charge >= 0.3 is 11.9 Å². The van der Waals surface area contributed by atoms with Crippen molar-refractivity contribution in [3.8, 4) is 28.3 Å². The van der Waals surface area contributed by atoms with Crippen LogP contribution in [0.3, 0.4) is 0 Å². The number of hydrogen-bond acceptors (Lipinski definition) is 19. The molecule has 3 aliphatic rings. The Labute approximate surface area is 600 Å². The van der Waals surface area contributed by atoms with Crippen LogP contribution in [0.4, 0.5) is 0 Å². The molecule has 31 heteroatoms. The van der Waals surface area contributed by atoms with Crippen molar-refractivity contribution in [3.63, 3.8) is 0 Å². The summed E-state index contributed by atoms with van der Waals surface area (Å²) in [4.78, 5) is 146. The number of aromatic hydroxyl groups is 1. The van der Waals surface area contributed by atoms with Gasteiger partial charge in [0.25, 0.3) is 5.91 Å². The molecule has 1 fully saturated rings. The van der Waals surface area contributed by atoms with E-state index in [0.717, 1.165) is 11.3 Å². The number of aliphatic carboxylic acids is 2. The standard InChI is InChI=1S/C68H82N18O12.Lu/c1-42(2)62(68(98)71-35-59(69)88)80-67(97)57(32-50-33-70-41-72-50)79-66(96)56(28-44-8-5-4-6-9-44)78-65(95)55(29-45-12-18-53(87)19-13-45)77-63(93)43(3)74-64(94)47-16-14-46(15-17-47)48-30-51-37-83-22-26-84(39-60(89)90)24-20-82(21-25-85(27-23-83)40-61(91)92)36-49-10-7-11-54(76-49)58-34-73-81-86(58)38-52(31-48)75-51;/h4-19,30-31,33-34,41-43,55-57,62,87H,20-29,32,35-40H2,1-3H3,(H2,69,88)(H,70,72)(H,71,98)(H,74,94)(H,77,93)(H,78,95)(H,79,96)(H,80,97)(H,89,90)(H,91,92);/t43-,55-,56-,57-,62-;/m0./s1. The predicted octanol–water partition coefficient (Wildman–Crippen LogP) is 0.327. The number of rotatable bonds is 25. The first-order valence-electron chi connectivity index (χ1n) is 32.2. The molecule has 5 atom stereocenters. The number of benzene rings is 3. The van der Waals surface area contributed by atoms with E-state index in [1.807, 2.05) is 40.1 Å². The van der Waals surface area contributed by atoms with Crippen molar-refractivity contribution < 1.29 is 95.3 Å². The Morgan fingerprint density at radius 2 is 1.12 bits per heavy atom. The molecule has 0 spiro atoms. The quantitative estimate of drug-likeness (QED) is 0.0367. The Morgan fingerprint density at radius 1 is 0.566 bits per heavy atom. The summed E-state index contributed by atoms with van der Waals surface area (Å²) in [6.07, 6.45) is 4.12. The molecule has 6 bridgehead atoms. The van der Waals surface area contributed by atoms with Crippen molar-refractivity contribution in [1.82, 2.24) is 86.4 Å². The van der Waals surface area contributed by atoms with Crippen LogP contribution in [0.5, 0.6) is 5.75 Å². The van der Waals surface area contributed by atoms with Crippen molar-refractivity contribution in [2.24, 2.45) is 11.7 Å². The third-order valence-electron chi connectivity index (χ3n) is 16.8. The summed E-state index contributed by atoms with van der Waals surface area (Å²) < 4.78 is 1.73. The van der Waals surface area contributed by atoms with Crippen LogP contribution in [0, 0.1) is 42.8 Å². The molecular weight excluding hydrogens is 1440 g/mol. The van der Waals surface area contributed by atoms with Crippen LogP contribution in [0.1, 0.15) is 65.0 Å². The third kappa shape index (κ3) is 22.7. The number of nitrogens with one attached hydrogen (secondary N) is 7. The van der Waals surface area contributed by atoms with Gasteiger partial charge in [-0.2, -0.15) is 0 Å². The van der Waals surface area contributed by atoms with Gasteiger partial charge in [0.05, 0.1) is 61.5 Å². The minimum atomic E-state index is -1.39. The number of fused-ring (bicyclic) bond motifs is 8. The summed E-state index contributed by atoms with van der Waals surface area (Å²) in [6.45, 7) is 8.49. The predicted molar refractivity (Wildman–Crippen MR) is 357 cm³/mol. The normalized spacial score (nSPS) is 16.7. The third-order valence-corrected chi connectivity index (χ3v) is 16.8. The van der Waals surface area contributed by atoms with Crippen molar-refractivity contribution in [3.05, 3.63) is 167 Å². The molecule has 7 heterocycles. The molecule has 3 aliphatic heterocycles. The van der Waals surface area contributed by atoms with E-state index < -0.39 is 96.0 Å². The van der Waals surface area contributed by atoms with Crippen LogP contribution in [-0.4, -0.2) is 225 Å². The monoisotopic (exact) mass is 1520 g/mol. The van der Waals surface area contributed by atoms with E-state index in [1.165, 1.54) is 31.6 Å². The molecule has 1 radical (unpaired) electrons. The van der Waals surface area contributed by atoms with E-state index >= 15 is 0 Å². The number of carboxylic acid groups (broad SMARTS) is 2. The first-order chi connectivity index (χ1) is 47.1. The fourth-order valence-corrected chi connectivity index (χ4v) is 11.5. The molecule has 7 amide bonds. The number of aromatic nitrogens is 7. The van der Waals surface area contributed by atoms with Crippen molar-refractivity contribution >= 4 is 53.3 Å². The maximum atomic E-state index is 14.7. The zero-order valence-electron chi connectivity index (χ0n) is 54.9. The molecule has 12 N–H and O–H groups in total. The number of H-pyrrole nitrogens is 1. The summed E-state index contributed by atoms with van der Waals surface area (Å²) in [5.41, 5.74) is 11.7. The van der Waals surface area contributed by atoms with Crippen molar-refractivity contribution in [2.45, 2.75) is 89.9 Å². The van der Waals surface area contributed by atoms with E-state index in [4.69, 9.17) is 15.7 Å². The summed E-state index contributed by atoms with van der Waals surface area (Å²) in [5, 5.41) is 54.9. The SMILES string of the molecule is CC(C)[C@H](NC(=O)[C@H](Cc1cnc[nH]1)NC(=O)[C@H](Cc1ccccc1)NC(=O)[C@H](Cc1ccc(O)cc1)NC(=O)[C@H](C)NC(=O)c1ccc(-c2cc3nc(c2)Cn2nncc2-c2cccc(n2)CN2CCN(CC(=O)O)CCN(CCN(CC(=O)O)CC2)C3)cc1)C(=O)NCC(N)=O.[Lu]. The van der Waals surface area contributed by atoms with Crippen LogP contribution in [0.25, 0.3) is 22.5 Å². The maximum Gasteiger partial charge on any atom is 0.317 e. The first kappa shape index (κ1) is 75.2. The summed E-state index contributed by atoms with van der Waals surface area (Å²) in [5.74, 6) is -7.69. The van der Waals surface area contributed by atoms with Crippen LogP contribution in [0.2, 0.25) is 0 Å². The number of carbonyl (C=O) groups excluding carboxylic acids is 7. The van der Waals surface area contributed by atoms with Gasteiger partial charge in [-0.1, -0.05) is 79.7 Å². The van der Waals surface area contributed by atoms with E-state index in [9.17, 15) is 58.5 Å². The van der Waals surface area contributed by atoms with Crippen LogP contribution < -0.4 is 37.6 Å². The van der Waals surface area contributed by atoms with Crippen LogP contribution in [-0.2, 0) is 77.3 Å². The number of nitrogens with two attached hydrogens (primary N) is 1. The number of hydrogen-bond donors (Lipinski definition) is 11. The van der Waals surface area contributed by atoms with Gasteiger partial charge in [0, 0.05) is 139 Å². The molecule has 531 valence electrons. The molecule has 99 heavy (non-hydrogen) atoms. The summed E-state index contributed by atoms with van der Waals surface area (Å²) >= 11 is 0. The average molecular weight is 1520 g/mol. The number of pyridine rings is 2. The van der Waals surface area contributed by atoms with Gasteiger partial charge in [0.2, 0.25) is 35.4 Å². The molecule has 1 saturated heterocycles. The molecule has 3 aromatic carbocycles. The number of aromatic amines is 1. The summed E-state index contributed by atoms with van der Waals surface area (Å²) in [7, 11) is 0. The van der Waals surface area contributed by atoms with Gasteiger partial charge in [-0.25, -0.2) is 14.6 Å². The van der Waals surface area contributed by atoms with E-state index in [1.54, 1.807) is 91.5 Å². The molecule has 0 saturated carbocycles. The largest absolute Gasteiger partial charge is 0.508 e. The van der Waals surface area contributed by atoms with E-state index in [-0.39, 0.29) is 87.1 Å². The first-order valence-corrected chi connectivity index (χ1v) is 32.2. The minimum Gasteiger partial charge on any atom is -0.508 e. The second-order valence-electron chi connectivity index (χ2n) is 24.7. The number of amides is 7. The Balaban J connectivity index is 0.0000125. The molecule has 7 aromatic rings. The number of nitrogens with zero attached hydrogens (tertiary/aromatic N) is 10. The van der Waals surface area contributed by atoms with Crippen molar-refractivity contribution in [2.75, 3.05) is 72.0 Å². The zero-order chi connectivity index (χ0) is 69.8. The number of carboxylic acids is 2. The molecular formula is C68H82LuN18O12. The average Bonchev–Trinajstić information content (AvgIpc) is 1.67. The van der Waals surface area contributed by atoms with Crippen LogP contribution in [0.15, 0.2) is 128 Å². The second kappa shape index (κ2) is 36.3. The smallest absolute Gasteiger partial charge is 0.317 e. The number of carbonyl (C=O) groups is 9. The Bertz CT molecular complexity index is 3890. The summed E-state index contributed by atoms with van der Waals surface area (Å²) in [6, 6.07) is 24.4. The van der Waals surface area contributed by atoms with Gasteiger partial charge < -0.3 is 57.9 Å². The Kier molecular flexibility index (Phi) is 27.6. The van der Waals surface area contributed by atoms with Gasteiger partial charge in [0.1, 0.15) is 41.7 Å². The van der Waals surface area contributed by atoms with Gasteiger partial charge in [-0.3, -0.25) is 67.7 Å². The Hall–Kier alpha value is -9.59. The zero-order valence-corrected chi connectivity index (χ0v) is 56.6. The van der Waals surface area contributed by atoms with E-state index in [2.05, 4.69) is 62.0 Å². The van der Waals surface area contributed by atoms with Crippen molar-refractivity contribution in [1.29, 1.82) is 0 Å². The van der Waals surface area contributed by atoms with Crippen LogP contribution >= 0.6 is 0 Å². The Morgan fingerprint density at radius 3 is 1.69 bits per heavy atom. The second-order valence-corrected chi connectivity index (χ2v) is 24.7. The number of primary amides is 1.